The van der Waals surface area contributed by atoms with Crippen molar-refractivity contribution in [1.82, 2.24) is 0 Å². The summed E-state index contributed by atoms with van der Waals surface area (Å²) in [4.78, 5) is 12.2. The summed E-state index contributed by atoms with van der Waals surface area (Å²) in [5, 5.41) is 19.0. The number of anilines is 1. The first-order valence-electron chi connectivity index (χ1n) is 9.70. The molecule has 0 aliphatic heterocycles. The molecule has 0 spiro atoms. The Labute approximate surface area is 194 Å². The normalized spacial score (nSPS) is 12.8. The van der Waals surface area contributed by atoms with E-state index in [0.717, 1.165) is 6.07 Å². The van der Waals surface area contributed by atoms with Crippen LogP contribution in [0.15, 0.2) is 82.6 Å². The van der Waals surface area contributed by atoms with Crippen LogP contribution in [0.2, 0.25) is 0 Å². The number of rotatable bonds is 6. The zero-order valence-electron chi connectivity index (χ0n) is 17.8. The number of nitrogens with zero attached hydrogens (tertiary/aromatic N) is 1. The summed E-state index contributed by atoms with van der Waals surface area (Å²) in [6.45, 7) is 1.35. The minimum atomic E-state index is -4.06. The molecule has 0 bridgehead atoms. The maximum atomic E-state index is 14.8. The lowest BCUT2D eigenvalue weighted by Gasteiger charge is -2.11. The number of sulfonamides is 1. The molecule has 3 rings (SSSR count). The maximum Gasteiger partial charge on any atom is 0.284 e. The number of nitrogens with two attached hydrogens (primary N) is 2. The van der Waals surface area contributed by atoms with Gasteiger partial charge in [-0.2, -0.15) is 0 Å². The van der Waals surface area contributed by atoms with Gasteiger partial charge in [0, 0.05) is 11.1 Å². The van der Waals surface area contributed by atoms with Crippen molar-refractivity contribution in [3.8, 4) is 11.1 Å². The first-order chi connectivity index (χ1) is 16.0. The molecular weight excluding hydrogens is 466 g/mol. The first-order valence-corrected chi connectivity index (χ1v) is 11.3. The van der Waals surface area contributed by atoms with Crippen LogP contribution in [-0.4, -0.2) is 25.4 Å². The van der Waals surface area contributed by atoms with Crippen LogP contribution >= 0.6 is 0 Å². The fraction of sp³-hybridized carbons (Fsp3) is 0.0435. The van der Waals surface area contributed by atoms with E-state index in [1.165, 1.54) is 61.5 Å². The fourth-order valence-corrected chi connectivity index (χ4v) is 3.94. The van der Waals surface area contributed by atoms with E-state index in [9.17, 15) is 22.0 Å². The monoisotopic (exact) mass is 486 g/mol. The van der Waals surface area contributed by atoms with Gasteiger partial charge in [0.05, 0.1) is 10.6 Å². The van der Waals surface area contributed by atoms with Crippen LogP contribution < -0.4 is 16.2 Å². The molecule has 0 aliphatic carbocycles. The number of benzene rings is 3. The SMILES string of the molecule is C/C(=C(\F)C(=O)Nc1ccc(-c2ccccc2S(N)(=O)=O)cc1F)c1cccc(/C(N)=N/O)c1. The fourth-order valence-electron chi connectivity index (χ4n) is 3.18. The van der Waals surface area contributed by atoms with E-state index in [4.69, 9.17) is 16.1 Å². The Kier molecular flexibility index (Phi) is 7.08. The Morgan fingerprint density at radius 3 is 2.35 bits per heavy atom. The van der Waals surface area contributed by atoms with E-state index >= 15 is 0 Å². The number of carbonyl (C=O) groups excluding carboxylic acids is 1. The second kappa shape index (κ2) is 9.81. The molecule has 0 fully saturated rings. The van der Waals surface area contributed by atoms with Crippen LogP contribution in [0.25, 0.3) is 16.7 Å². The molecule has 0 atom stereocenters. The molecule has 3 aromatic rings. The molecule has 34 heavy (non-hydrogen) atoms. The molecule has 0 radical (unpaired) electrons. The van der Waals surface area contributed by atoms with Crippen LogP contribution in [-0.2, 0) is 14.8 Å². The number of hydrogen-bond donors (Lipinski definition) is 4. The third kappa shape index (κ3) is 5.27. The van der Waals surface area contributed by atoms with Crippen molar-refractivity contribution in [2.75, 3.05) is 5.32 Å². The van der Waals surface area contributed by atoms with Gasteiger partial charge in [0.25, 0.3) is 5.91 Å². The van der Waals surface area contributed by atoms with E-state index < -0.39 is 27.6 Å². The first kappa shape index (κ1) is 24.6. The topological polar surface area (TPSA) is 148 Å². The number of primary sulfonamides is 1. The molecule has 1 amide bonds. The van der Waals surface area contributed by atoms with Gasteiger partial charge in [-0.1, -0.05) is 47.6 Å². The lowest BCUT2D eigenvalue weighted by atomic mass is 10.0. The standard InChI is InChI=1S/C23H20F2N4O4S/c1-13(14-5-4-6-16(11-14)22(26)29-31)21(25)23(30)28-19-10-9-15(12-18(19)24)17-7-2-3-8-20(17)34(27,32)33/h2-12,31H,1H3,(H2,26,29)(H,28,30)(H2,27,32,33)/b21-13+. The molecule has 11 heteroatoms. The van der Waals surface area contributed by atoms with E-state index in [0.29, 0.717) is 11.1 Å². The second-order valence-electron chi connectivity index (χ2n) is 7.19. The number of halogens is 2. The summed E-state index contributed by atoms with van der Waals surface area (Å²) in [5.74, 6) is -3.46. The molecule has 176 valence electrons. The van der Waals surface area contributed by atoms with Gasteiger partial charge in [0.1, 0.15) is 5.82 Å². The van der Waals surface area contributed by atoms with E-state index in [1.807, 2.05) is 0 Å². The molecule has 0 aliphatic rings. The van der Waals surface area contributed by atoms with Gasteiger partial charge in [-0.3, -0.25) is 4.79 Å². The Balaban J connectivity index is 1.89. The molecule has 0 heterocycles. The highest BCUT2D eigenvalue weighted by molar-refractivity contribution is 7.89. The Morgan fingerprint density at radius 2 is 1.71 bits per heavy atom. The number of allylic oxidation sites excluding steroid dienone is 1. The van der Waals surface area contributed by atoms with Crippen LogP contribution in [0, 0.1) is 5.82 Å². The molecule has 0 aromatic heterocycles. The minimum Gasteiger partial charge on any atom is -0.409 e. The van der Waals surface area contributed by atoms with Crippen molar-refractivity contribution in [1.29, 1.82) is 0 Å². The van der Waals surface area contributed by atoms with Crippen LogP contribution in [0.4, 0.5) is 14.5 Å². The highest BCUT2D eigenvalue weighted by atomic mass is 32.2. The van der Waals surface area contributed by atoms with Crippen molar-refractivity contribution in [2.24, 2.45) is 16.0 Å². The lowest BCUT2D eigenvalue weighted by Crippen LogP contribution is -2.15. The summed E-state index contributed by atoms with van der Waals surface area (Å²) in [7, 11) is -4.06. The highest BCUT2D eigenvalue weighted by Crippen LogP contribution is 2.30. The molecule has 6 N–H and O–H groups in total. The van der Waals surface area contributed by atoms with Crippen molar-refractivity contribution in [2.45, 2.75) is 11.8 Å². The van der Waals surface area contributed by atoms with Crippen molar-refractivity contribution < 1.29 is 27.2 Å². The summed E-state index contributed by atoms with van der Waals surface area (Å²) >= 11 is 0. The van der Waals surface area contributed by atoms with Crippen LogP contribution in [0.1, 0.15) is 18.1 Å². The summed E-state index contributed by atoms with van der Waals surface area (Å²) in [6.07, 6.45) is 0. The third-order valence-corrected chi connectivity index (χ3v) is 5.92. The number of oxime groups is 1. The van der Waals surface area contributed by atoms with Crippen molar-refractivity contribution in [3.63, 3.8) is 0 Å². The Bertz CT molecular complexity index is 1440. The molecular formula is C23H20F2N4O4S. The van der Waals surface area contributed by atoms with Crippen molar-refractivity contribution >= 4 is 33.0 Å². The number of carbonyl (C=O) groups is 1. The molecule has 3 aromatic carbocycles. The molecule has 0 unspecified atom stereocenters. The zero-order chi connectivity index (χ0) is 25.0. The number of hydrogen-bond acceptors (Lipinski definition) is 5. The summed E-state index contributed by atoms with van der Waals surface area (Å²) in [6, 6.07) is 15.4. The average molecular weight is 487 g/mol. The zero-order valence-corrected chi connectivity index (χ0v) is 18.6. The quantitative estimate of drug-likeness (QED) is 0.138. The molecule has 0 saturated carbocycles. The predicted molar refractivity (Wildman–Crippen MR) is 124 cm³/mol. The molecule has 8 nitrogen and oxygen atoms in total. The third-order valence-electron chi connectivity index (χ3n) is 4.95. The predicted octanol–water partition coefficient (Wildman–Crippen LogP) is 3.57. The van der Waals surface area contributed by atoms with Gasteiger partial charge in [0.2, 0.25) is 10.0 Å². The van der Waals surface area contributed by atoms with Gasteiger partial charge in [0.15, 0.2) is 11.7 Å². The van der Waals surface area contributed by atoms with Gasteiger partial charge in [-0.15, -0.1) is 0 Å². The van der Waals surface area contributed by atoms with E-state index in [2.05, 4.69) is 10.5 Å². The smallest absolute Gasteiger partial charge is 0.284 e. The summed E-state index contributed by atoms with van der Waals surface area (Å²) < 4.78 is 53.1. The average Bonchev–Trinajstić information content (AvgIpc) is 2.83. The number of amidine groups is 1. The number of nitrogens with one attached hydrogen (secondary N) is 1. The minimum absolute atomic E-state index is 0.0517. The Morgan fingerprint density at radius 1 is 1.03 bits per heavy atom. The van der Waals surface area contributed by atoms with Gasteiger partial charge in [-0.05, 0) is 47.9 Å². The van der Waals surface area contributed by atoms with Crippen LogP contribution in [0.5, 0.6) is 0 Å². The number of amides is 1. The van der Waals surface area contributed by atoms with Gasteiger partial charge >= 0.3 is 0 Å². The lowest BCUT2D eigenvalue weighted by molar-refractivity contribution is -0.114. The summed E-state index contributed by atoms with van der Waals surface area (Å²) in [5.41, 5.74) is 6.16. The maximum absolute atomic E-state index is 14.8. The van der Waals surface area contributed by atoms with Gasteiger partial charge < -0.3 is 16.3 Å². The second-order valence-corrected chi connectivity index (χ2v) is 8.72. The van der Waals surface area contributed by atoms with Crippen LogP contribution in [0.3, 0.4) is 0 Å². The Hall–Kier alpha value is -4.09. The van der Waals surface area contributed by atoms with Crippen molar-refractivity contribution in [3.05, 3.63) is 89.5 Å². The molecule has 0 saturated heterocycles. The largest absolute Gasteiger partial charge is 0.409 e. The van der Waals surface area contributed by atoms with E-state index in [1.54, 1.807) is 6.07 Å². The van der Waals surface area contributed by atoms with E-state index in [-0.39, 0.29) is 33.1 Å². The van der Waals surface area contributed by atoms with Gasteiger partial charge in [-0.25, -0.2) is 22.3 Å². The highest BCUT2D eigenvalue weighted by Gasteiger charge is 2.19.